The molecule has 38 heavy (non-hydrogen) atoms. The fourth-order valence-corrected chi connectivity index (χ4v) is 5.81. The van der Waals surface area contributed by atoms with E-state index in [1.165, 1.54) is 18.4 Å². The summed E-state index contributed by atoms with van der Waals surface area (Å²) < 4.78 is 18.9. The first-order chi connectivity index (χ1) is 18.5. The Labute approximate surface area is 223 Å². The summed E-state index contributed by atoms with van der Waals surface area (Å²) in [6, 6.07) is 18.7. The van der Waals surface area contributed by atoms with E-state index in [1.54, 1.807) is 24.7 Å². The zero-order valence-electron chi connectivity index (χ0n) is 21.7. The number of esters is 1. The number of hydrogen-bond acceptors (Lipinski definition) is 7. The SMILES string of the molecule is CCCOc1c(OC)cccc1[C@@H]1C(C(=O)OC)=C(C)N=c2s/c(=C/c3cccc4ccccc34)c(=O)n21. The average Bonchev–Trinajstić information content (AvgIpc) is 3.24. The molecule has 0 saturated carbocycles. The number of fused-ring (bicyclic) bond motifs is 2. The van der Waals surface area contributed by atoms with Gasteiger partial charge in [0, 0.05) is 5.56 Å². The van der Waals surface area contributed by atoms with Crippen molar-refractivity contribution in [2.75, 3.05) is 20.8 Å². The summed E-state index contributed by atoms with van der Waals surface area (Å²) in [5.41, 5.74) is 2.09. The number of para-hydroxylation sites is 1. The maximum absolute atomic E-state index is 14.0. The lowest BCUT2D eigenvalue weighted by molar-refractivity contribution is -0.136. The maximum Gasteiger partial charge on any atom is 0.338 e. The molecule has 0 amide bonds. The smallest absolute Gasteiger partial charge is 0.338 e. The van der Waals surface area contributed by atoms with Crippen LogP contribution in [0.4, 0.5) is 0 Å². The van der Waals surface area contributed by atoms with E-state index in [0.29, 0.717) is 38.7 Å². The van der Waals surface area contributed by atoms with Crippen LogP contribution in [0, 0.1) is 0 Å². The molecule has 0 fully saturated rings. The Morgan fingerprint density at radius 3 is 2.61 bits per heavy atom. The number of methoxy groups -OCH3 is 2. The Kier molecular flexibility index (Phi) is 7.15. The van der Waals surface area contributed by atoms with Crippen LogP contribution in [0.15, 0.2) is 81.7 Å². The molecule has 1 aliphatic heterocycles. The zero-order valence-corrected chi connectivity index (χ0v) is 22.5. The lowest BCUT2D eigenvalue weighted by Gasteiger charge is -2.26. The number of hydrogen-bond donors (Lipinski definition) is 0. The van der Waals surface area contributed by atoms with Crippen LogP contribution in [-0.4, -0.2) is 31.4 Å². The van der Waals surface area contributed by atoms with Crippen LogP contribution in [0.5, 0.6) is 11.5 Å². The first-order valence-electron chi connectivity index (χ1n) is 12.4. The first-order valence-corrected chi connectivity index (χ1v) is 13.2. The van der Waals surface area contributed by atoms with Gasteiger partial charge in [-0.25, -0.2) is 9.79 Å². The molecule has 4 aromatic rings. The second-order valence-corrected chi connectivity index (χ2v) is 9.88. The van der Waals surface area contributed by atoms with Crippen molar-refractivity contribution in [3.63, 3.8) is 0 Å². The number of rotatable bonds is 7. The second kappa shape index (κ2) is 10.7. The van der Waals surface area contributed by atoms with E-state index in [1.807, 2.05) is 67.6 Å². The number of carbonyl (C=O) groups excluding carboxylic acids is 1. The van der Waals surface area contributed by atoms with Crippen molar-refractivity contribution in [3.05, 3.63) is 103 Å². The predicted octanol–water partition coefficient (Wildman–Crippen LogP) is 4.36. The predicted molar refractivity (Wildman–Crippen MR) is 149 cm³/mol. The number of nitrogens with zero attached hydrogens (tertiary/aromatic N) is 2. The van der Waals surface area contributed by atoms with Crippen LogP contribution >= 0.6 is 11.3 Å². The average molecular weight is 529 g/mol. The van der Waals surface area contributed by atoms with Gasteiger partial charge in [0.15, 0.2) is 16.3 Å². The molecule has 0 saturated heterocycles. The minimum atomic E-state index is -0.796. The molecule has 2 heterocycles. The van der Waals surface area contributed by atoms with Crippen LogP contribution in [0.25, 0.3) is 16.8 Å². The highest BCUT2D eigenvalue weighted by Gasteiger charge is 2.35. The molecule has 7 nitrogen and oxygen atoms in total. The molecular formula is C30H28N2O5S. The number of ether oxygens (including phenoxy) is 3. The molecular weight excluding hydrogens is 500 g/mol. The van der Waals surface area contributed by atoms with Gasteiger partial charge in [-0.15, -0.1) is 0 Å². The molecule has 0 unspecified atom stereocenters. The number of thiazole rings is 1. The van der Waals surface area contributed by atoms with Crippen LogP contribution in [0.1, 0.15) is 37.4 Å². The lowest BCUT2D eigenvalue weighted by atomic mass is 9.94. The third kappa shape index (κ3) is 4.41. The number of allylic oxidation sites excluding steroid dienone is 1. The molecule has 0 N–H and O–H groups in total. The monoisotopic (exact) mass is 528 g/mol. The van der Waals surface area contributed by atoms with Crippen molar-refractivity contribution >= 4 is 34.2 Å². The molecule has 194 valence electrons. The first kappa shape index (κ1) is 25.5. The van der Waals surface area contributed by atoms with E-state index in [9.17, 15) is 9.59 Å². The minimum absolute atomic E-state index is 0.246. The van der Waals surface area contributed by atoms with Crippen molar-refractivity contribution in [2.24, 2.45) is 4.99 Å². The van der Waals surface area contributed by atoms with E-state index in [2.05, 4.69) is 4.99 Å². The second-order valence-electron chi connectivity index (χ2n) is 8.87. The molecule has 1 atom stereocenters. The molecule has 1 aliphatic rings. The Hall–Kier alpha value is -4.17. The van der Waals surface area contributed by atoms with Crippen molar-refractivity contribution in [1.29, 1.82) is 0 Å². The summed E-state index contributed by atoms with van der Waals surface area (Å²) in [4.78, 5) is 32.3. The third-order valence-corrected chi connectivity index (χ3v) is 7.49. The molecule has 0 spiro atoms. The van der Waals surface area contributed by atoms with Crippen molar-refractivity contribution in [1.82, 2.24) is 4.57 Å². The quantitative estimate of drug-likeness (QED) is 0.333. The summed E-state index contributed by atoms with van der Waals surface area (Å²) in [6.07, 6.45) is 2.67. The van der Waals surface area contributed by atoms with Crippen LogP contribution in [-0.2, 0) is 9.53 Å². The van der Waals surface area contributed by atoms with Crippen molar-refractivity contribution in [3.8, 4) is 11.5 Å². The summed E-state index contributed by atoms with van der Waals surface area (Å²) in [5.74, 6) is 0.457. The molecule has 8 heteroatoms. The van der Waals surface area contributed by atoms with E-state index < -0.39 is 12.0 Å². The summed E-state index contributed by atoms with van der Waals surface area (Å²) in [7, 11) is 2.89. The third-order valence-electron chi connectivity index (χ3n) is 6.51. The molecule has 5 rings (SSSR count). The molecule has 0 radical (unpaired) electrons. The summed E-state index contributed by atoms with van der Waals surface area (Å²) in [6.45, 7) is 4.22. The van der Waals surface area contributed by atoms with Gasteiger partial charge in [0.2, 0.25) is 0 Å². The topological polar surface area (TPSA) is 79.1 Å². The van der Waals surface area contributed by atoms with Gasteiger partial charge in [-0.3, -0.25) is 9.36 Å². The van der Waals surface area contributed by atoms with Crippen LogP contribution in [0.3, 0.4) is 0 Å². The lowest BCUT2D eigenvalue weighted by Crippen LogP contribution is -2.40. The van der Waals surface area contributed by atoms with Gasteiger partial charge in [0.05, 0.1) is 36.6 Å². The Morgan fingerprint density at radius 2 is 1.84 bits per heavy atom. The van der Waals surface area contributed by atoms with Gasteiger partial charge in [0.1, 0.15) is 6.04 Å². The minimum Gasteiger partial charge on any atom is -0.493 e. The fraction of sp³-hybridized carbons (Fsp3) is 0.233. The molecule has 3 aromatic carbocycles. The van der Waals surface area contributed by atoms with Crippen LogP contribution in [0.2, 0.25) is 0 Å². The standard InChI is InChI=1S/C30H28N2O5S/c1-5-16-37-27-22(14-9-15-23(27)35-3)26-25(29(34)36-4)18(2)31-30-32(26)28(33)24(38-30)17-20-12-8-11-19-10-6-7-13-21(19)20/h6-15,17,26H,5,16H2,1-4H3/b24-17+/t26-/m1/s1. The van der Waals surface area contributed by atoms with E-state index in [-0.39, 0.29) is 11.1 Å². The van der Waals surface area contributed by atoms with Gasteiger partial charge in [-0.2, -0.15) is 0 Å². The maximum atomic E-state index is 14.0. The van der Waals surface area contributed by atoms with Crippen molar-refractivity contribution in [2.45, 2.75) is 26.3 Å². The van der Waals surface area contributed by atoms with Gasteiger partial charge < -0.3 is 14.2 Å². The van der Waals surface area contributed by atoms with E-state index >= 15 is 0 Å². The Bertz CT molecular complexity index is 1740. The Balaban J connectivity index is 1.79. The van der Waals surface area contributed by atoms with Crippen molar-refractivity contribution < 1.29 is 19.0 Å². The number of benzene rings is 3. The highest BCUT2D eigenvalue weighted by molar-refractivity contribution is 7.07. The van der Waals surface area contributed by atoms with Gasteiger partial charge in [-0.1, -0.05) is 72.9 Å². The van der Waals surface area contributed by atoms with E-state index in [4.69, 9.17) is 14.2 Å². The molecule has 1 aromatic heterocycles. The van der Waals surface area contributed by atoms with Crippen LogP contribution < -0.4 is 24.4 Å². The highest BCUT2D eigenvalue weighted by Crippen LogP contribution is 2.40. The van der Waals surface area contributed by atoms with E-state index in [0.717, 1.165) is 22.8 Å². The summed E-state index contributed by atoms with van der Waals surface area (Å²) >= 11 is 1.29. The highest BCUT2D eigenvalue weighted by atomic mass is 32.1. The normalized spacial score (nSPS) is 15.3. The largest absolute Gasteiger partial charge is 0.493 e. The Morgan fingerprint density at radius 1 is 1.08 bits per heavy atom. The number of aromatic nitrogens is 1. The van der Waals surface area contributed by atoms with Gasteiger partial charge in [0.25, 0.3) is 5.56 Å². The fourth-order valence-electron chi connectivity index (χ4n) is 4.77. The van der Waals surface area contributed by atoms with Gasteiger partial charge in [-0.05, 0) is 41.8 Å². The summed E-state index contributed by atoms with van der Waals surface area (Å²) in [5, 5.41) is 2.14. The van der Waals surface area contributed by atoms with Gasteiger partial charge >= 0.3 is 5.97 Å². The molecule has 0 bridgehead atoms. The molecule has 0 aliphatic carbocycles. The zero-order chi connectivity index (χ0) is 26.8. The number of carbonyl (C=O) groups is 1.